The van der Waals surface area contributed by atoms with Crippen molar-refractivity contribution >= 4 is 5.97 Å². The van der Waals surface area contributed by atoms with E-state index in [1.54, 1.807) is 0 Å². The Morgan fingerprint density at radius 1 is 1.28 bits per heavy atom. The van der Waals surface area contributed by atoms with Crippen LogP contribution in [-0.4, -0.2) is 11.1 Å². The second-order valence-electron chi connectivity index (χ2n) is 4.77. The van der Waals surface area contributed by atoms with Crippen molar-refractivity contribution in [1.29, 1.82) is 0 Å². The van der Waals surface area contributed by atoms with Crippen LogP contribution in [-0.2, 0) is 17.4 Å². The molecule has 2 rings (SSSR count). The first-order valence-electron chi connectivity index (χ1n) is 5.74. The minimum atomic E-state index is -4.43. The highest BCUT2D eigenvalue weighted by Crippen LogP contribution is 2.45. The van der Waals surface area contributed by atoms with E-state index in [9.17, 15) is 18.0 Å². The smallest absolute Gasteiger partial charge is 0.416 e. The number of hydrogen-bond donors (Lipinski definition) is 1. The first-order valence-corrected chi connectivity index (χ1v) is 5.74. The molecule has 1 aliphatic rings. The number of alkyl halides is 3. The van der Waals surface area contributed by atoms with Gasteiger partial charge in [0.15, 0.2) is 0 Å². The highest BCUT2D eigenvalue weighted by atomic mass is 19.4. The van der Waals surface area contributed by atoms with Gasteiger partial charge in [0.05, 0.1) is 11.0 Å². The molecule has 0 amide bonds. The van der Waals surface area contributed by atoms with Crippen molar-refractivity contribution in [2.45, 2.75) is 31.9 Å². The van der Waals surface area contributed by atoms with Crippen molar-refractivity contribution in [2.75, 3.05) is 0 Å². The summed E-state index contributed by atoms with van der Waals surface area (Å²) in [5.41, 5.74) is -1.65. The molecule has 1 N–H and O–H groups in total. The largest absolute Gasteiger partial charge is 0.481 e. The van der Waals surface area contributed by atoms with Gasteiger partial charge in [-0.2, -0.15) is 13.2 Å². The predicted molar refractivity (Wildman–Crippen MR) is 59.1 cm³/mol. The highest BCUT2D eigenvalue weighted by Gasteiger charge is 2.46. The maximum atomic E-state index is 12.8. The zero-order valence-electron chi connectivity index (χ0n) is 9.63. The molecule has 1 aromatic rings. The van der Waals surface area contributed by atoms with Crippen LogP contribution >= 0.6 is 0 Å². The van der Waals surface area contributed by atoms with Crippen LogP contribution in [0.5, 0.6) is 0 Å². The van der Waals surface area contributed by atoms with E-state index in [0.29, 0.717) is 12.8 Å². The monoisotopic (exact) mass is 258 g/mol. The van der Waals surface area contributed by atoms with Crippen molar-refractivity contribution in [2.24, 2.45) is 5.41 Å². The number of rotatable bonds is 3. The van der Waals surface area contributed by atoms with Gasteiger partial charge in [0, 0.05) is 0 Å². The lowest BCUT2D eigenvalue weighted by atomic mass is 9.65. The quantitative estimate of drug-likeness (QED) is 0.900. The third-order valence-corrected chi connectivity index (χ3v) is 3.62. The molecule has 1 fully saturated rings. The zero-order chi connectivity index (χ0) is 13.4. The highest BCUT2D eigenvalue weighted by molar-refractivity contribution is 5.76. The molecule has 0 radical (unpaired) electrons. The molecular weight excluding hydrogens is 245 g/mol. The molecule has 98 valence electrons. The number of hydrogen-bond acceptors (Lipinski definition) is 1. The summed E-state index contributed by atoms with van der Waals surface area (Å²) in [7, 11) is 0. The number of aliphatic carboxylic acids is 1. The maximum Gasteiger partial charge on any atom is 0.416 e. The molecule has 0 unspecified atom stereocenters. The second-order valence-corrected chi connectivity index (χ2v) is 4.77. The van der Waals surface area contributed by atoms with Gasteiger partial charge >= 0.3 is 12.1 Å². The Balaban J connectivity index is 2.32. The Morgan fingerprint density at radius 2 is 1.89 bits per heavy atom. The molecule has 1 aliphatic carbocycles. The molecule has 0 spiro atoms. The van der Waals surface area contributed by atoms with Crippen molar-refractivity contribution in [3.8, 4) is 0 Å². The molecule has 1 saturated carbocycles. The van der Waals surface area contributed by atoms with Crippen molar-refractivity contribution in [1.82, 2.24) is 0 Å². The van der Waals surface area contributed by atoms with Crippen LogP contribution in [0.25, 0.3) is 0 Å². The Morgan fingerprint density at radius 3 is 2.33 bits per heavy atom. The summed E-state index contributed by atoms with van der Waals surface area (Å²) in [5, 5.41) is 9.16. The van der Waals surface area contributed by atoms with Gasteiger partial charge in [0.25, 0.3) is 0 Å². The Hall–Kier alpha value is -1.52. The third-order valence-electron chi connectivity index (χ3n) is 3.62. The third kappa shape index (κ3) is 2.21. The van der Waals surface area contributed by atoms with Crippen molar-refractivity contribution in [3.63, 3.8) is 0 Å². The van der Waals surface area contributed by atoms with Gasteiger partial charge in [-0.1, -0.05) is 24.6 Å². The summed E-state index contributed by atoms with van der Waals surface area (Å²) in [4.78, 5) is 11.2. The van der Waals surface area contributed by atoms with Crippen molar-refractivity contribution < 1.29 is 23.1 Å². The van der Waals surface area contributed by atoms with Gasteiger partial charge in [-0.15, -0.1) is 0 Å². The summed E-state index contributed by atoms with van der Waals surface area (Å²) in [6, 6.07) is 5.20. The van der Waals surface area contributed by atoms with Gasteiger partial charge < -0.3 is 5.11 Å². The van der Waals surface area contributed by atoms with Gasteiger partial charge in [-0.3, -0.25) is 4.79 Å². The molecule has 18 heavy (non-hydrogen) atoms. The molecule has 0 atom stereocenters. The Bertz CT molecular complexity index is 462. The average Bonchev–Trinajstić information content (AvgIpc) is 2.22. The summed E-state index contributed by atoms with van der Waals surface area (Å²) < 4.78 is 38.4. The minimum Gasteiger partial charge on any atom is -0.481 e. The molecule has 0 heterocycles. The standard InChI is InChI=1S/C13H13F3O2/c14-13(15,16)10-5-2-1-4-9(10)8-12(11(17)18)6-3-7-12/h1-2,4-5H,3,6-8H2,(H,17,18). The normalized spacial score (nSPS) is 18.2. The summed E-state index contributed by atoms with van der Waals surface area (Å²) in [6.07, 6.45) is -2.80. The van der Waals surface area contributed by atoms with Crippen LogP contribution < -0.4 is 0 Å². The van der Waals surface area contributed by atoms with Crippen LogP contribution in [0.1, 0.15) is 30.4 Å². The number of halogens is 3. The molecule has 0 aliphatic heterocycles. The molecule has 0 saturated heterocycles. The molecule has 1 aromatic carbocycles. The Labute approximate surface area is 102 Å². The summed E-state index contributed by atoms with van der Waals surface area (Å²) in [6.45, 7) is 0. The topological polar surface area (TPSA) is 37.3 Å². The van der Waals surface area contributed by atoms with E-state index in [1.807, 2.05) is 0 Å². The summed E-state index contributed by atoms with van der Waals surface area (Å²) >= 11 is 0. The van der Waals surface area contributed by atoms with E-state index in [1.165, 1.54) is 18.2 Å². The van der Waals surface area contributed by atoms with Crippen LogP contribution in [0.3, 0.4) is 0 Å². The molecule has 0 bridgehead atoms. The zero-order valence-corrected chi connectivity index (χ0v) is 9.63. The van der Waals surface area contributed by atoms with Crippen molar-refractivity contribution in [3.05, 3.63) is 35.4 Å². The lowest BCUT2D eigenvalue weighted by Crippen LogP contribution is -2.40. The van der Waals surface area contributed by atoms with E-state index in [2.05, 4.69) is 0 Å². The lowest BCUT2D eigenvalue weighted by Gasteiger charge is -2.38. The van der Waals surface area contributed by atoms with Gasteiger partial charge in [0.2, 0.25) is 0 Å². The fraction of sp³-hybridized carbons (Fsp3) is 0.462. The molecule has 2 nitrogen and oxygen atoms in total. The van der Waals surface area contributed by atoms with Gasteiger partial charge in [-0.05, 0) is 30.9 Å². The Kier molecular flexibility index (Phi) is 3.09. The number of carbonyl (C=O) groups is 1. The van der Waals surface area contributed by atoms with Crippen LogP contribution in [0.2, 0.25) is 0 Å². The van der Waals surface area contributed by atoms with E-state index in [4.69, 9.17) is 5.11 Å². The average molecular weight is 258 g/mol. The van der Waals surface area contributed by atoms with Crippen LogP contribution in [0.15, 0.2) is 24.3 Å². The van der Waals surface area contributed by atoms with Crippen LogP contribution in [0.4, 0.5) is 13.2 Å². The SMILES string of the molecule is O=C(O)C1(Cc2ccccc2C(F)(F)F)CCC1. The first-order chi connectivity index (χ1) is 8.35. The van der Waals surface area contributed by atoms with E-state index >= 15 is 0 Å². The van der Waals surface area contributed by atoms with Gasteiger partial charge in [0.1, 0.15) is 0 Å². The van der Waals surface area contributed by atoms with Gasteiger partial charge in [-0.25, -0.2) is 0 Å². The van der Waals surface area contributed by atoms with E-state index in [-0.39, 0.29) is 12.0 Å². The minimum absolute atomic E-state index is 0.0436. The molecule has 5 heteroatoms. The second kappa shape index (κ2) is 4.30. The van der Waals surface area contributed by atoms with E-state index in [0.717, 1.165) is 12.5 Å². The summed E-state index contributed by atoms with van der Waals surface area (Å²) in [5.74, 6) is -0.995. The van der Waals surface area contributed by atoms with Crippen LogP contribution in [0, 0.1) is 5.41 Å². The van der Waals surface area contributed by atoms with E-state index < -0.39 is 23.1 Å². The lowest BCUT2D eigenvalue weighted by molar-refractivity contribution is -0.155. The molecule has 0 aromatic heterocycles. The molecular formula is C13H13F3O2. The number of benzene rings is 1. The first kappa shape index (κ1) is 12.9. The number of carboxylic acids is 1. The fourth-order valence-electron chi connectivity index (χ4n) is 2.39. The number of carboxylic acid groups (broad SMARTS) is 1. The fourth-order valence-corrected chi connectivity index (χ4v) is 2.39. The maximum absolute atomic E-state index is 12.8. The predicted octanol–water partition coefficient (Wildman–Crippen LogP) is 3.50.